The second kappa shape index (κ2) is 6.93. The Morgan fingerprint density at radius 1 is 1.26 bits per heavy atom. The van der Waals surface area contributed by atoms with Crippen molar-refractivity contribution >= 4 is 5.97 Å². The summed E-state index contributed by atoms with van der Waals surface area (Å²) in [5.74, 6) is -0.631. The number of imidazole rings is 1. The van der Waals surface area contributed by atoms with Crippen molar-refractivity contribution < 1.29 is 19.3 Å². The van der Waals surface area contributed by atoms with Crippen molar-refractivity contribution in [3.8, 4) is 11.4 Å². The summed E-state index contributed by atoms with van der Waals surface area (Å²) in [5, 5.41) is 8.57. The van der Waals surface area contributed by atoms with Gasteiger partial charge in [-0.2, -0.15) is 4.89 Å². The maximum atomic E-state index is 12.4. The zero-order valence-corrected chi connectivity index (χ0v) is 15.3. The molecule has 1 aliphatic rings. The fourth-order valence-corrected chi connectivity index (χ4v) is 3.19. The van der Waals surface area contributed by atoms with Gasteiger partial charge in [-0.05, 0) is 31.5 Å². The molecule has 0 N–H and O–H groups in total. The van der Waals surface area contributed by atoms with E-state index in [-0.39, 0.29) is 12.3 Å². The molecule has 3 heterocycles. The number of aryl methyl sites for hydroxylation is 1. The zero-order chi connectivity index (χ0) is 19.0. The second-order valence-electron chi connectivity index (χ2n) is 6.18. The highest BCUT2D eigenvalue weighted by atomic mass is 17.2. The van der Waals surface area contributed by atoms with E-state index in [1.807, 2.05) is 29.7 Å². The predicted octanol–water partition coefficient (Wildman–Crippen LogP) is 1.92. The molecule has 2 aromatic heterocycles. The number of hydrogen-bond acceptors (Lipinski definition) is 7. The van der Waals surface area contributed by atoms with Gasteiger partial charge in [0.2, 0.25) is 0 Å². The van der Waals surface area contributed by atoms with Gasteiger partial charge in [-0.25, -0.2) is 14.5 Å². The highest BCUT2D eigenvalue weighted by Crippen LogP contribution is 2.31. The number of hydrogen-bond donors (Lipinski definition) is 0. The van der Waals surface area contributed by atoms with Gasteiger partial charge in [0.1, 0.15) is 12.0 Å². The van der Waals surface area contributed by atoms with Gasteiger partial charge in [0, 0.05) is 13.5 Å². The van der Waals surface area contributed by atoms with E-state index in [0.717, 1.165) is 22.6 Å². The quantitative estimate of drug-likeness (QED) is 0.392. The second-order valence-corrected chi connectivity index (χ2v) is 6.18. The van der Waals surface area contributed by atoms with Crippen molar-refractivity contribution in [2.24, 2.45) is 0 Å². The standard InChI is InChI=1S/C18H19N5O4/c1-4-26-27-18(24)17-16-8-14-12(9-25-3)20-21-23(14)15-7-11(2)5-6-13(15)22(16)10-19-17/h5-7,10H,4,8-9H2,1-3H3. The third-order valence-electron chi connectivity index (χ3n) is 4.39. The number of fused-ring (bicyclic) bond motifs is 5. The lowest BCUT2D eigenvalue weighted by Crippen LogP contribution is -2.11. The molecule has 3 aromatic rings. The summed E-state index contributed by atoms with van der Waals surface area (Å²) in [6.07, 6.45) is 2.01. The van der Waals surface area contributed by atoms with Crippen LogP contribution in [0, 0.1) is 6.92 Å². The van der Waals surface area contributed by atoms with Crippen LogP contribution in [0.15, 0.2) is 24.5 Å². The summed E-state index contributed by atoms with van der Waals surface area (Å²) in [6.45, 7) is 4.33. The van der Waals surface area contributed by atoms with E-state index in [4.69, 9.17) is 14.5 Å². The molecule has 0 bridgehead atoms. The lowest BCUT2D eigenvalue weighted by atomic mass is 10.1. The molecule has 0 aliphatic carbocycles. The molecule has 4 rings (SSSR count). The molecule has 1 aromatic carbocycles. The summed E-state index contributed by atoms with van der Waals surface area (Å²) < 4.78 is 8.93. The molecule has 0 unspecified atom stereocenters. The zero-order valence-electron chi connectivity index (χ0n) is 15.3. The van der Waals surface area contributed by atoms with Crippen LogP contribution in [-0.2, 0) is 27.5 Å². The number of nitrogens with zero attached hydrogens (tertiary/aromatic N) is 5. The molecule has 0 radical (unpaired) electrons. The molecule has 27 heavy (non-hydrogen) atoms. The topological polar surface area (TPSA) is 93.3 Å². The van der Waals surface area contributed by atoms with Crippen LogP contribution in [0.3, 0.4) is 0 Å². The van der Waals surface area contributed by atoms with Crippen molar-refractivity contribution in [2.45, 2.75) is 26.9 Å². The third kappa shape index (κ3) is 2.90. The van der Waals surface area contributed by atoms with Crippen molar-refractivity contribution in [3.05, 3.63) is 52.9 Å². The smallest absolute Gasteiger partial charge is 0.378 e. The molecule has 0 amide bonds. The Hall–Kier alpha value is -3.04. The molecule has 9 nitrogen and oxygen atoms in total. The lowest BCUT2D eigenvalue weighted by Gasteiger charge is -2.10. The summed E-state index contributed by atoms with van der Waals surface area (Å²) in [4.78, 5) is 26.3. The Kier molecular flexibility index (Phi) is 4.46. The number of rotatable bonds is 5. The van der Waals surface area contributed by atoms with Crippen LogP contribution in [0.5, 0.6) is 0 Å². The molecular formula is C18H19N5O4. The number of carbonyl (C=O) groups is 1. The minimum absolute atomic E-state index is 0.202. The van der Waals surface area contributed by atoms with E-state index >= 15 is 0 Å². The predicted molar refractivity (Wildman–Crippen MR) is 93.8 cm³/mol. The first-order chi connectivity index (χ1) is 13.1. The average molecular weight is 369 g/mol. The number of methoxy groups -OCH3 is 1. The third-order valence-corrected chi connectivity index (χ3v) is 4.39. The SMILES string of the molecule is CCOOC(=O)c1ncn2c1Cc1c(COC)nnn1-c1cc(C)ccc1-2. The van der Waals surface area contributed by atoms with Crippen molar-refractivity contribution in [1.82, 2.24) is 24.5 Å². The summed E-state index contributed by atoms with van der Waals surface area (Å²) in [7, 11) is 1.61. The van der Waals surface area contributed by atoms with Crippen LogP contribution in [0.25, 0.3) is 11.4 Å². The van der Waals surface area contributed by atoms with Gasteiger partial charge >= 0.3 is 5.97 Å². The first kappa shape index (κ1) is 17.4. The van der Waals surface area contributed by atoms with E-state index in [1.54, 1.807) is 25.0 Å². The molecule has 0 spiro atoms. The van der Waals surface area contributed by atoms with Gasteiger partial charge < -0.3 is 4.74 Å². The largest absolute Gasteiger partial charge is 0.393 e. The fraction of sp³-hybridized carbons (Fsp3) is 0.333. The van der Waals surface area contributed by atoms with Crippen molar-refractivity contribution in [2.75, 3.05) is 13.7 Å². The molecule has 0 saturated heterocycles. The lowest BCUT2D eigenvalue weighted by molar-refractivity contribution is -0.237. The van der Waals surface area contributed by atoms with E-state index in [2.05, 4.69) is 15.3 Å². The highest BCUT2D eigenvalue weighted by molar-refractivity contribution is 5.88. The minimum Gasteiger partial charge on any atom is -0.378 e. The van der Waals surface area contributed by atoms with Gasteiger partial charge in [-0.3, -0.25) is 9.45 Å². The molecule has 0 atom stereocenters. The van der Waals surface area contributed by atoms with Gasteiger partial charge in [-0.15, -0.1) is 5.10 Å². The number of aromatic nitrogens is 5. The molecule has 9 heteroatoms. The average Bonchev–Trinajstić information content (AvgIpc) is 3.22. The first-order valence-electron chi connectivity index (χ1n) is 8.57. The van der Waals surface area contributed by atoms with Gasteiger partial charge in [-0.1, -0.05) is 11.3 Å². The first-order valence-corrected chi connectivity index (χ1v) is 8.57. The molecule has 1 aliphatic heterocycles. The Labute approximate surface area is 155 Å². The van der Waals surface area contributed by atoms with Crippen LogP contribution in [0.1, 0.15) is 40.1 Å². The van der Waals surface area contributed by atoms with E-state index in [1.165, 1.54) is 0 Å². The summed E-state index contributed by atoms with van der Waals surface area (Å²) in [6, 6.07) is 6.00. The Morgan fingerprint density at radius 2 is 2.11 bits per heavy atom. The number of ether oxygens (including phenoxy) is 1. The van der Waals surface area contributed by atoms with Gasteiger partial charge in [0.05, 0.1) is 36.0 Å². The van der Waals surface area contributed by atoms with Gasteiger partial charge in [0.25, 0.3) is 0 Å². The highest BCUT2D eigenvalue weighted by Gasteiger charge is 2.29. The summed E-state index contributed by atoms with van der Waals surface area (Å²) in [5.41, 5.74) is 5.24. The summed E-state index contributed by atoms with van der Waals surface area (Å²) >= 11 is 0. The van der Waals surface area contributed by atoms with E-state index in [9.17, 15) is 4.79 Å². The Balaban J connectivity index is 1.91. The molecule has 140 valence electrons. The van der Waals surface area contributed by atoms with Crippen LogP contribution in [0.4, 0.5) is 0 Å². The fourth-order valence-electron chi connectivity index (χ4n) is 3.19. The number of carbonyl (C=O) groups excluding carboxylic acids is 1. The number of benzene rings is 1. The van der Waals surface area contributed by atoms with Crippen LogP contribution < -0.4 is 0 Å². The maximum Gasteiger partial charge on any atom is 0.393 e. The van der Waals surface area contributed by atoms with Crippen molar-refractivity contribution in [1.29, 1.82) is 0 Å². The van der Waals surface area contributed by atoms with Crippen molar-refractivity contribution in [3.63, 3.8) is 0 Å². The molecule has 0 saturated carbocycles. The van der Waals surface area contributed by atoms with Crippen LogP contribution >= 0.6 is 0 Å². The van der Waals surface area contributed by atoms with E-state index in [0.29, 0.717) is 24.4 Å². The minimum atomic E-state index is -0.631. The van der Waals surface area contributed by atoms with Crippen LogP contribution in [0.2, 0.25) is 0 Å². The Bertz CT molecular complexity index is 1010. The molecular weight excluding hydrogens is 350 g/mol. The van der Waals surface area contributed by atoms with E-state index < -0.39 is 5.97 Å². The van der Waals surface area contributed by atoms with Gasteiger partial charge in [0.15, 0.2) is 5.69 Å². The maximum absolute atomic E-state index is 12.4. The normalized spacial score (nSPS) is 12.1. The molecule has 0 fully saturated rings. The monoisotopic (exact) mass is 369 g/mol. The Morgan fingerprint density at radius 3 is 2.89 bits per heavy atom. The van der Waals surface area contributed by atoms with Crippen LogP contribution in [-0.4, -0.2) is 44.2 Å².